The number of carbonyl (C=O) groups excluding carboxylic acids is 2. The Hall–Kier alpha value is -0.860. The van der Waals surface area contributed by atoms with Gasteiger partial charge in [-0.3, -0.25) is 4.79 Å². The molecule has 0 spiro atoms. The fourth-order valence-electron chi connectivity index (χ4n) is 0.926. The Morgan fingerprint density at radius 2 is 2.56 bits per heavy atom. The molecule has 3 heteroatoms. The summed E-state index contributed by atoms with van der Waals surface area (Å²) >= 11 is 0. The lowest BCUT2D eigenvalue weighted by Crippen LogP contribution is -2.49. The van der Waals surface area contributed by atoms with Gasteiger partial charge in [0.25, 0.3) is 0 Å². The normalized spacial score (nSPS) is 25.7. The lowest BCUT2D eigenvalue weighted by molar-refractivity contribution is -0.144. The van der Waals surface area contributed by atoms with E-state index in [0.29, 0.717) is 12.8 Å². The number of nitrogens with zero attached hydrogens (tertiary/aromatic N) is 1. The van der Waals surface area contributed by atoms with Crippen LogP contribution in [0.3, 0.4) is 0 Å². The third-order valence-electron chi connectivity index (χ3n) is 1.72. The maximum atomic E-state index is 10.5. The van der Waals surface area contributed by atoms with E-state index in [0.717, 1.165) is 6.29 Å². The van der Waals surface area contributed by atoms with Crippen LogP contribution in [-0.2, 0) is 9.59 Å². The van der Waals surface area contributed by atoms with Gasteiger partial charge < -0.3 is 9.69 Å². The Kier molecular flexibility index (Phi) is 1.51. The summed E-state index contributed by atoms with van der Waals surface area (Å²) in [5, 5.41) is 0. The second-order valence-corrected chi connectivity index (χ2v) is 2.26. The number of carbonyl (C=O) groups is 2. The summed E-state index contributed by atoms with van der Waals surface area (Å²) < 4.78 is 0. The van der Waals surface area contributed by atoms with Crippen molar-refractivity contribution in [2.75, 3.05) is 7.05 Å². The molecule has 0 radical (unpaired) electrons. The lowest BCUT2D eigenvalue weighted by Gasteiger charge is -2.35. The predicted molar refractivity (Wildman–Crippen MR) is 31.9 cm³/mol. The topological polar surface area (TPSA) is 37.4 Å². The van der Waals surface area contributed by atoms with E-state index < -0.39 is 0 Å². The molecule has 1 unspecified atom stereocenters. The van der Waals surface area contributed by atoms with Gasteiger partial charge >= 0.3 is 0 Å². The van der Waals surface area contributed by atoms with Gasteiger partial charge in [-0.2, -0.15) is 0 Å². The second kappa shape index (κ2) is 2.17. The summed E-state index contributed by atoms with van der Waals surface area (Å²) in [6.45, 7) is 0. The number of hydrogen-bond acceptors (Lipinski definition) is 2. The quantitative estimate of drug-likeness (QED) is 0.380. The third-order valence-corrected chi connectivity index (χ3v) is 1.72. The van der Waals surface area contributed by atoms with Crippen LogP contribution in [0.15, 0.2) is 0 Å². The molecule has 1 heterocycles. The number of β-lactam (4-membered cyclic amide) rings is 1. The first-order valence-electron chi connectivity index (χ1n) is 2.95. The van der Waals surface area contributed by atoms with E-state index in [1.165, 1.54) is 0 Å². The fraction of sp³-hybridized carbons (Fsp3) is 0.667. The van der Waals surface area contributed by atoms with Gasteiger partial charge in [-0.1, -0.05) is 0 Å². The molecule has 3 nitrogen and oxygen atoms in total. The molecule has 0 aliphatic carbocycles. The van der Waals surface area contributed by atoms with Crippen LogP contribution in [0.25, 0.3) is 0 Å². The average Bonchev–Trinajstić information content (AvgIpc) is 1.88. The fourth-order valence-corrected chi connectivity index (χ4v) is 0.926. The van der Waals surface area contributed by atoms with Crippen LogP contribution < -0.4 is 0 Å². The molecular formula is C6H9NO2. The summed E-state index contributed by atoms with van der Waals surface area (Å²) in [7, 11) is 1.72. The van der Waals surface area contributed by atoms with Crippen molar-refractivity contribution in [1.29, 1.82) is 0 Å². The molecule has 1 atom stereocenters. The molecule has 1 rings (SSSR count). The molecule has 0 saturated carbocycles. The zero-order valence-electron chi connectivity index (χ0n) is 5.33. The maximum absolute atomic E-state index is 10.5. The molecular weight excluding hydrogens is 118 g/mol. The minimum atomic E-state index is 0.141. The van der Waals surface area contributed by atoms with E-state index in [-0.39, 0.29) is 11.9 Å². The molecule has 1 fully saturated rings. The first kappa shape index (κ1) is 6.26. The van der Waals surface area contributed by atoms with Gasteiger partial charge in [0, 0.05) is 25.9 Å². The highest BCUT2D eigenvalue weighted by atomic mass is 16.2. The summed E-state index contributed by atoms with van der Waals surface area (Å²) in [6.07, 6.45) is 1.89. The molecule has 9 heavy (non-hydrogen) atoms. The van der Waals surface area contributed by atoms with Crippen molar-refractivity contribution in [2.24, 2.45) is 0 Å². The summed E-state index contributed by atoms with van der Waals surface area (Å²) in [4.78, 5) is 22.1. The summed E-state index contributed by atoms with van der Waals surface area (Å²) in [5.41, 5.74) is 0. The second-order valence-electron chi connectivity index (χ2n) is 2.26. The standard InChI is InChI=1S/C6H9NO2/c1-7-5(2-3-8)4-6(7)9/h3,5H,2,4H2,1H3. The molecule has 1 amide bonds. The highest BCUT2D eigenvalue weighted by Gasteiger charge is 2.31. The van der Waals surface area contributed by atoms with Gasteiger partial charge in [-0.25, -0.2) is 0 Å². The van der Waals surface area contributed by atoms with E-state index in [1.807, 2.05) is 0 Å². The van der Waals surface area contributed by atoms with Crippen LogP contribution in [0.4, 0.5) is 0 Å². The van der Waals surface area contributed by atoms with Crippen LogP contribution in [0.1, 0.15) is 12.8 Å². The SMILES string of the molecule is CN1C(=O)CC1CC=O. The van der Waals surface area contributed by atoms with Gasteiger partial charge in [0.2, 0.25) is 5.91 Å². The summed E-state index contributed by atoms with van der Waals surface area (Å²) in [5.74, 6) is 0.141. The van der Waals surface area contributed by atoms with E-state index >= 15 is 0 Å². The molecule has 1 aliphatic rings. The van der Waals surface area contributed by atoms with Gasteiger partial charge in [-0.05, 0) is 0 Å². The number of rotatable bonds is 2. The minimum Gasteiger partial charge on any atom is -0.342 e. The van der Waals surface area contributed by atoms with Gasteiger partial charge in [-0.15, -0.1) is 0 Å². The highest BCUT2D eigenvalue weighted by Crippen LogP contribution is 2.17. The number of likely N-dealkylation sites (tertiary alicyclic amines) is 1. The molecule has 1 aliphatic heterocycles. The zero-order chi connectivity index (χ0) is 6.85. The Morgan fingerprint density at radius 3 is 2.89 bits per heavy atom. The van der Waals surface area contributed by atoms with Crippen molar-refractivity contribution < 1.29 is 9.59 Å². The zero-order valence-corrected chi connectivity index (χ0v) is 5.33. The lowest BCUT2D eigenvalue weighted by atomic mass is 10.0. The average molecular weight is 127 g/mol. The first-order chi connectivity index (χ1) is 4.25. The van der Waals surface area contributed by atoms with E-state index in [9.17, 15) is 9.59 Å². The van der Waals surface area contributed by atoms with Crippen molar-refractivity contribution in [2.45, 2.75) is 18.9 Å². The molecule has 50 valence electrons. The molecule has 0 aromatic heterocycles. The molecule has 1 saturated heterocycles. The Bertz CT molecular complexity index is 142. The van der Waals surface area contributed by atoms with Crippen LogP contribution in [0.5, 0.6) is 0 Å². The van der Waals surface area contributed by atoms with E-state index in [2.05, 4.69) is 0 Å². The smallest absolute Gasteiger partial charge is 0.224 e. The molecule has 0 aromatic rings. The largest absolute Gasteiger partial charge is 0.342 e. The Morgan fingerprint density at radius 1 is 1.89 bits per heavy atom. The molecule has 0 aromatic carbocycles. The monoisotopic (exact) mass is 127 g/mol. The predicted octanol–water partition coefficient (Wildman–Crippen LogP) is -0.194. The van der Waals surface area contributed by atoms with E-state index in [4.69, 9.17) is 0 Å². The number of amides is 1. The van der Waals surface area contributed by atoms with Crippen molar-refractivity contribution in [3.05, 3.63) is 0 Å². The number of aldehydes is 1. The van der Waals surface area contributed by atoms with Crippen LogP contribution in [-0.4, -0.2) is 30.2 Å². The van der Waals surface area contributed by atoms with E-state index in [1.54, 1.807) is 11.9 Å². The highest BCUT2D eigenvalue weighted by molar-refractivity contribution is 5.83. The Labute approximate surface area is 53.6 Å². The van der Waals surface area contributed by atoms with Crippen molar-refractivity contribution in [3.63, 3.8) is 0 Å². The Balaban J connectivity index is 2.32. The van der Waals surface area contributed by atoms with Crippen molar-refractivity contribution in [1.82, 2.24) is 4.90 Å². The molecule has 0 N–H and O–H groups in total. The first-order valence-corrected chi connectivity index (χ1v) is 2.95. The molecule has 0 bridgehead atoms. The van der Waals surface area contributed by atoms with Gasteiger partial charge in [0.1, 0.15) is 6.29 Å². The van der Waals surface area contributed by atoms with Gasteiger partial charge in [0.15, 0.2) is 0 Å². The minimum absolute atomic E-state index is 0.141. The van der Waals surface area contributed by atoms with Crippen LogP contribution >= 0.6 is 0 Å². The number of hydrogen-bond donors (Lipinski definition) is 0. The van der Waals surface area contributed by atoms with Crippen molar-refractivity contribution in [3.8, 4) is 0 Å². The summed E-state index contributed by atoms with van der Waals surface area (Å²) in [6, 6.07) is 0.190. The maximum Gasteiger partial charge on any atom is 0.224 e. The third kappa shape index (κ3) is 0.943. The van der Waals surface area contributed by atoms with Gasteiger partial charge in [0.05, 0.1) is 0 Å². The van der Waals surface area contributed by atoms with Crippen molar-refractivity contribution >= 4 is 12.2 Å². The van der Waals surface area contributed by atoms with Crippen LogP contribution in [0.2, 0.25) is 0 Å². The van der Waals surface area contributed by atoms with Crippen LogP contribution in [0, 0.1) is 0 Å².